The van der Waals surface area contributed by atoms with Crippen LogP contribution in [0.2, 0.25) is 0 Å². The lowest BCUT2D eigenvalue weighted by Gasteiger charge is -2.35. The summed E-state index contributed by atoms with van der Waals surface area (Å²) in [5.74, 6) is 2.66. The molecule has 1 amide bonds. The predicted octanol–water partition coefficient (Wildman–Crippen LogP) is 6.38. The Morgan fingerprint density at radius 3 is 2.54 bits per heavy atom. The zero-order chi connectivity index (χ0) is 24.6. The second-order valence-electron chi connectivity index (χ2n) is 11.3. The van der Waals surface area contributed by atoms with Crippen molar-refractivity contribution in [3.63, 3.8) is 0 Å². The number of hydrogen-bond donors (Lipinski definition) is 2. The standard InChI is InChI=1S/C28H35N5OS/c1-13(2)23-24-16(5)26(19-8-17-6-7-18(9-19)20(17)10-22(29)34)35-28(24)32-25(23)21-11-33-27(30-12-31-33)15(4)14(21)3/h11-13,17-20,32H,6-10H2,1-5H3,(H2,29,34)/t17-,18+,19-,20?. The number of hydrogen-bond acceptors (Lipinski definition) is 4. The van der Waals surface area contributed by atoms with E-state index in [9.17, 15) is 4.79 Å². The van der Waals surface area contributed by atoms with Gasteiger partial charge in [-0.2, -0.15) is 5.10 Å². The number of amides is 1. The summed E-state index contributed by atoms with van der Waals surface area (Å²) in [6.45, 7) is 11.3. The monoisotopic (exact) mass is 489 g/mol. The third kappa shape index (κ3) is 3.45. The Kier molecular flexibility index (Phi) is 5.33. The van der Waals surface area contributed by atoms with Crippen molar-refractivity contribution in [2.75, 3.05) is 0 Å². The zero-order valence-corrected chi connectivity index (χ0v) is 22.1. The highest BCUT2D eigenvalue weighted by Gasteiger charge is 2.44. The highest BCUT2D eigenvalue weighted by atomic mass is 32.1. The van der Waals surface area contributed by atoms with Crippen molar-refractivity contribution < 1.29 is 4.79 Å². The second kappa shape index (κ2) is 8.19. The first-order valence-electron chi connectivity index (χ1n) is 13.0. The van der Waals surface area contributed by atoms with E-state index in [1.165, 1.54) is 69.4 Å². The van der Waals surface area contributed by atoms with Crippen LogP contribution in [0.4, 0.5) is 0 Å². The number of aromatic amines is 1. The van der Waals surface area contributed by atoms with Gasteiger partial charge in [-0.05, 0) is 98.3 Å². The fourth-order valence-electron chi connectivity index (χ4n) is 7.32. The largest absolute Gasteiger partial charge is 0.370 e. The second-order valence-corrected chi connectivity index (χ2v) is 12.3. The minimum absolute atomic E-state index is 0.130. The molecule has 0 aliphatic heterocycles. The molecular formula is C28H35N5OS. The van der Waals surface area contributed by atoms with Crippen LogP contribution in [0.25, 0.3) is 27.1 Å². The van der Waals surface area contributed by atoms with E-state index in [4.69, 9.17) is 5.73 Å². The highest BCUT2D eigenvalue weighted by molar-refractivity contribution is 7.19. The molecule has 2 bridgehead atoms. The van der Waals surface area contributed by atoms with Gasteiger partial charge in [0.05, 0.1) is 5.69 Å². The molecule has 4 aromatic heterocycles. The molecule has 6 rings (SSSR count). The van der Waals surface area contributed by atoms with Crippen LogP contribution in [0.3, 0.4) is 0 Å². The topological polar surface area (TPSA) is 89.1 Å². The first-order chi connectivity index (χ1) is 16.7. The average molecular weight is 490 g/mol. The predicted molar refractivity (Wildman–Crippen MR) is 142 cm³/mol. The molecule has 4 aromatic rings. The van der Waals surface area contributed by atoms with Gasteiger partial charge in [-0.15, -0.1) is 11.3 Å². The van der Waals surface area contributed by atoms with E-state index in [0.717, 1.165) is 5.65 Å². The molecule has 3 N–H and O–H groups in total. The van der Waals surface area contributed by atoms with Crippen molar-refractivity contribution in [3.8, 4) is 11.3 Å². The number of carbonyl (C=O) groups is 1. The maximum Gasteiger partial charge on any atom is 0.217 e. The van der Waals surface area contributed by atoms with E-state index in [1.807, 2.05) is 15.9 Å². The minimum atomic E-state index is -0.130. The maximum absolute atomic E-state index is 11.6. The van der Waals surface area contributed by atoms with E-state index in [-0.39, 0.29) is 5.91 Å². The molecule has 2 aliphatic carbocycles. The van der Waals surface area contributed by atoms with Crippen molar-refractivity contribution in [2.24, 2.45) is 23.5 Å². The summed E-state index contributed by atoms with van der Waals surface area (Å²) in [5.41, 5.74) is 14.2. The van der Waals surface area contributed by atoms with Crippen molar-refractivity contribution >= 4 is 33.1 Å². The Bertz CT molecular complexity index is 1440. The van der Waals surface area contributed by atoms with Gasteiger partial charge >= 0.3 is 0 Å². The van der Waals surface area contributed by atoms with E-state index in [0.29, 0.717) is 36.0 Å². The molecule has 35 heavy (non-hydrogen) atoms. The number of fused-ring (bicyclic) bond motifs is 4. The Morgan fingerprint density at radius 1 is 1.17 bits per heavy atom. The summed E-state index contributed by atoms with van der Waals surface area (Å²) in [7, 11) is 0. The summed E-state index contributed by atoms with van der Waals surface area (Å²) >= 11 is 1.96. The summed E-state index contributed by atoms with van der Waals surface area (Å²) in [5, 5.41) is 5.84. The Labute approximate surface area is 210 Å². The van der Waals surface area contributed by atoms with Gasteiger partial charge in [0, 0.05) is 28.4 Å². The number of primary amides is 1. The van der Waals surface area contributed by atoms with Gasteiger partial charge in [-0.1, -0.05) is 13.8 Å². The first-order valence-corrected chi connectivity index (χ1v) is 13.8. The molecule has 1 unspecified atom stereocenters. The molecule has 0 saturated heterocycles. The number of pyridine rings is 1. The number of nitrogens with zero attached hydrogens (tertiary/aromatic N) is 3. The van der Waals surface area contributed by atoms with Crippen LogP contribution >= 0.6 is 11.3 Å². The van der Waals surface area contributed by atoms with Gasteiger partial charge in [0.15, 0.2) is 5.65 Å². The minimum Gasteiger partial charge on any atom is -0.370 e. The molecule has 4 heterocycles. The third-order valence-corrected chi connectivity index (χ3v) is 10.4. The molecule has 6 nitrogen and oxygen atoms in total. The van der Waals surface area contributed by atoms with Crippen LogP contribution in [0.15, 0.2) is 12.5 Å². The van der Waals surface area contributed by atoms with Gasteiger partial charge in [-0.25, -0.2) is 9.50 Å². The molecule has 0 spiro atoms. The number of H-pyrrole nitrogens is 1. The number of aromatic nitrogens is 4. The lowest BCUT2D eigenvalue weighted by atomic mass is 9.71. The number of carbonyl (C=O) groups excluding carboxylic acids is 1. The fraction of sp³-hybridized carbons (Fsp3) is 0.536. The van der Waals surface area contributed by atoms with Crippen LogP contribution in [-0.2, 0) is 4.79 Å². The number of nitrogens with one attached hydrogen (secondary N) is 1. The number of thiophene rings is 1. The Morgan fingerprint density at radius 2 is 1.89 bits per heavy atom. The highest BCUT2D eigenvalue weighted by Crippen LogP contribution is 2.55. The van der Waals surface area contributed by atoms with E-state index >= 15 is 0 Å². The zero-order valence-electron chi connectivity index (χ0n) is 21.3. The van der Waals surface area contributed by atoms with E-state index < -0.39 is 0 Å². The Hall–Kier alpha value is -2.67. The van der Waals surface area contributed by atoms with Gasteiger partial charge in [-0.3, -0.25) is 4.79 Å². The molecule has 184 valence electrons. The van der Waals surface area contributed by atoms with Crippen LogP contribution in [0.1, 0.15) is 84.9 Å². The van der Waals surface area contributed by atoms with Gasteiger partial charge in [0.25, 0.3) is 0 Å². The normalized spacial score (nSPS) is 24.3. The molecular weight excluding hydrogens is 454 g/mol. The molecule has 4 atom stereocenters. The number of nitrogens with two attached hydrogens (primary N) is 1. The van der Waals surface area contributed by atoms with Gasteiger partial charge < -0.3 is 10.7 Å². The summed E-state index contributed by atoms with van der Waals surface area (Å²) in [6.07, 6.45) is 9.23. The lowest BCUT2D eigenvalue weighted by Crippen LogP contribution is -2.29. The first kappa shape index (κ1) is 22.8. The third-order valence-electron chi connectivity index (χ3n) is 9.04. The van der Waals surface area contributed by atoms with Crippen LogP contribution in [-0.4, -0.2) is 25.5 Å². The van der Waals surface area contributed by atoms with Crippen molar-refractivity contribution in [1.82, 2.24) is 19.6 Å². The molecule has 2 aliphatic rings. The number of rotatable bonds is 5. The molecule has 7 heteroatoms. The molecule has 0 aromatic carbocycles. The summed E-state index contributed by atoms with van der Waals surface area (Å²) in [4.78, 5) is 22.8. The quantitative estimate of drug-likeness (QED) is 0.341. The summed E-state index contributed by atoms with van der Waals surface area (Å²) in [6, 6.07) is 0. The van der Waals surface area contributed by atoms with Crippen molar-refractivity contribution in [3.05, 3.63) is 39.7 Å². The average Bonchev–Trinajstić information content (AvgIpc) is 3.53. The smallest absolute Gasteiger partial charge is 0.217 e. The molecule has 2 fully saturated rings. The van der Waals surface area contributed by atoms with E-state index in [2.05, 4.69) is 55.9 Å². The van der Waals surface area contributed by atoms with Gasteiger partial charge in [0.2, 0.25) is 5.91 Å². The Balaban J connectivity index is 1.43. The van der Waals surface area contributed by atoms with E-state index in [1.54, 1.807) is 11.2 Å². The lowest BCUT2D eigenvalue weighted by molar-refractivity contribution is -0.119. The fourth-order valence-corrected chi connectivity index (χ4v) is 8.67. The maximum atomic E-state index is 11.6. The van der Waals surface area contributed by atoms with Crippen LogP contribution in [0, 0.1) is 38.5 Å². The molecule has 0 radical (unpaired) electrons. The van der Waals surface area contributed by atoms with Crippen molar-refractivity contribution in [1.29, 1.82) is 0 Å². The summed E-state index contributed by atoms with van der Waals surface area (Å²) < 4.78 is 1.90. The van der Waals surface area contributed by atoms with Crippen molar-refractivity contribution in [2.45, 2.75) is 78.6 Å². The van der Waals surface area contributed by atoms with Crippen LogP contribution < -0.4 is 5.73 Å². The number of aryl methyl sites for hydroxylation is 2. The SMILES string of the molecule is Cc1c(-c2[nH]c3sc([C@@H]4C[C@H]5CC[C@@H](C4)C5CC(N)=O)c(C)c3c2C(C)C)cn2ncnc2c1C. The van der Waals surface area contributed by atoms with Crippen LogP contribution in [0.5, 0.6) is 0 Å². The molecule has 2 saturated carbocycles. The van der Waals surface area contributed by atoms with Gasteiger partial charge in [0.1, 0.15) is 11.2 Å².